The van der Waals surface area contributed by atoms with Gasteiger partial charge < -0.3 is 15.2 Å². The van der Waals surface area contributed by atoms with Crippen LogP contribution in [0.25, 0.3) is 0 Å². The first-order valence-electron chi connectivity index (χ1n) is 6.36. The van der Waals surface area contributed by atoms with E-state index in [-0.39, 0.29) is 0 Å². The van der Waals surface area contributed by atoms with Crippen LogP contribution < -0.4 is 15.2 Å². The van der Waals surface area contributed by atoms with Crippen molar-refractivity contribution >= 4 is 0 Å². The van der Waals surface area contributed by atoms with E-state index in [2.05, 4.69) is 6.92 Å². The highest BCUT2D eigenvalue weighted by atomic mass is 16.5. The van der Waals surface area contributed by atoms with Crippen LogP contribution in [0.3, 0.4) is 0 Å². The minimum absolute atomic E-state index is 0.550. The minimum Gasteiger partial charge on any atom is -0.490 e. The first kappa shape index (κ1) is 13.8. The van der Waals surface area contributed by atoms with Crippen molar-refractivity contribution in [1.82, 2.24) is 0 Å². The molecule has 1 aromatic rings. The Hall–Kier alpha value is -1.22. The zero-order valence-corrected chi connectivity index (χ0v) is 10.8. The molecule has 0 bridgehead atoms. The van der Waals surface area contributed by atoms with Gasteiger partial charge in [0.15, 0.2) is 11.5 Å². The Morgan fingerprint density at radius 2 is 1.76 bits per heavy atom. The monoisotopic (exact) mass is 237 g/mol. The largest absolute Gasteiger partial charge is 0.490 e. The number of hydrogen-bond donors (Lipinski definition) is 1. The van der Waals surface area contributed by atoms with Gasteiger partial charge in [-0.2, -0.15) is 0 Å². The van der Waals surface area contributed by atoms with Gasteiger partial charge >= 0.3 is 0 Å². The highest BCUT2D eigenvalue weighted by Crippen LogP contribution is 2.26. The van der Waals surface area contributed by atoms with E-state index in [1.54, 1.807) is 0 Å². The van der Waals surface area contributed by atoms with Gasteiger partial charge in [0.1, 0.15) is 0 Å². The zero-order chi connectivity index (χ0) is 12.5. The number of para-hydroxylation sites is 2. The highest BCUT2D eigenvalue weighted by Gasteiger charge is 2.06. The van der Waals surface area contributed by atoms with Crippen LogP contribution in [0.2, 0.25) is 0 Å². The van der Waals surface area contributed by atoms with E-state index in [1.165, 1.54) is 0 Å². The first-order chi connectivity index (χ1) is 8.31. The lowest BCUT2D eigenvalue weighted by Crippen LogP contribution is -2.16. The number of ether oxygens (including phenoxy) is 2. The molecule has 0 fully saturated rings. The molecule has 17 heavy (non-hydrogen) atoms. The third-order valence-electron chi connectivity index (χ3n) is 2.84. The third-order valence-corrected chi connectivity index (χ3v) is 2.84. The van der Waals surface area contributed by atoms with Crippen LogP contribution in [0.15, 0.2) is 24.3 Å². The van der Waals surface area contributed by atoms with Gasteiger partial charge in [0.2, 0.25) is 0 Å². The SMILES string of the molecule is CCOc1ccccc1OCCC(CC)CN. The molecule has 0 heterocycles. The Balaban J connectivity index is 2.45. The summed E-state index contributed by atoms with van der Waals surface area (Å²) in [6.45, 7) is 6.21. The van der Waals surface area contributed by atoms with Gasteiger partial charge in [0.25, 0.3) is 0 Å². The highest BCUT2D eigenvalue weighted by molar-refractivity contribution is 5.39. The van der Waals surface area contributed by atoms with E-state index < -0.39 is 0 Å². The molecule has 1 unspecified atom stereocenters. The topological polar surface area (TPSA) is 44.5 Å². The van der Waals surface area contributed by atoms with Crippen molar-refractivity contribution in [2.75, 3.05) is 19.8 Å². The molecule has 1 rings (SSSR count). The second kappa shape index (κ2) is 7.96. The molecule has 0 aliphatic carbocycles. The third kappa shape index (κ3) is 4.65. The summed E-state index contributed by atoms with van der Waals surface area (Å²) in [6.07, 6.45) is 2.10. The van der Waals surface area contributed by atoms with Crippen LogP contribution >= 0.6 is 0 Å². The maximum Gasteiger partial charge on any atom is 0.161 e. The standard InChI is InChI=1S/C14H23NO2/c1-3-12(11-15)9-10-17-14-8-6-5-7-13(14)16-4-2/h5-8,12H,3-4,9-11,15H2,1-2H3. The van der Waals surface area contributed by atoms with Crippen molar-refractivity contribution in [3.8, 4) is 11.5 Å². The lowest BCUT2D eigenvalue weighted by Gasteiger charge is -2.14. The van der Waals surface area contributed by atoms with Crippen molar-refractivity contribution < 1.29 is 9.47 Å². The maximum atomic E-state index is 5.74. The minimum atomic E-state index is 0.550. The van der Waals surface area contributed by atoms with Gasteiger partial charge in [-0.1, -0.05) is 25.5 Å². The molecule has 0 saturated carbocycles. The van der Waals surface area contributed by atoms with E-state index >= 15 is 0 Å². The van der Waals surface area contributed by atoms with Gasteiger partial charge in [0, 0.05) is 0 Å². The van der Waals surface area contributed by atoms with Gasteiger partial charge in [0.05, 0.1) is 13.2 Å². The molecule has 1 atom stereocenters. The van der Waals surface area contributed by atoms with Crippen molar-refractivity contribution in [1.29, 1.82) is 0 Å². The second-order valence-corrected chi connectivity index (χ2v) is 4.03. The van der Waals surface area contributed by atoms with Crippen LogP contribution in [-0.2, 0) is 0 Å². The number of rotatable bonds is 8. The molecule has 0 spiro atoms. The first-order valence-corrected chi connectivity index (χ1v) is 6.36. The predicted molar refractivity (Wildman–Crippen MR) is 70.6 cm³/mol. The van der Waals surface area contributed by atoms with Crippen molar-refractivity contribution in [3.05, 3.63) is 24.3 Å². The van der Waals surface area contributed by atoms with Crippen LogP contribution in [-0.4, -0.2) is 19.8 Å². The smallest absolute Gasteiger partial charge is 0.161 e. The fourth-order valence-corrected chi connectivity index (χ4v) is 1.67. The van der Waals surface area contributed by atoms with Crippen molar-refractivity contribution in [2.45, 2.75) is 26.7 Å². The number of benzene rings is 1. The Morgan fingerprint density at radius 1 is 1.12 bits per heavy atom. The van der Waals surface area contributed by atoms with Crippen molar-refractivity contribution in [2.24, 2.45) is 11.7 Å². The molecule has 0 amide bonds. The van der Waals surface area contributed by atoms with Gasteiger partial charge in [-0.25, -0.2) is 0 Å². The fraction of sp³-hybridized carbons (Fsp3) is 0.571. The second-order valence-electron chi connectivity index (χ2n) is 4.03. The van der Waals surface area contributed by atoms with Gasteiger partial charge in [-0.05, 0) is 37.9 Å². The molecule has 1 aromatic carbocycles. The molecule has 0 aliphatic rings. The fourth-order valence-electron chi connectivity index (χ4n) is 1.67. The lowest BCUT2D eigenvalue weighted by atomic mass is 10.0. The van der Waals surface area contributed by atoms with Crippen LogP contribution in [0, 0.1) is 5.92 Å². The van der Waals surface area contributed by atoms with Gasteiger partial charge in [-0.3, -0.25) is 0 Å². The quantitative estimate of drug-likeness (QED) is 0.756. The summed E-state index contributed by atoms with van der Waals surface area (Å²) in [5, 5.41) is 0. The van der Waals surface area contributed by atoms with Gasteiger partial charge in [-0.15, -0.1) is 0 Å². The Morgan fingerprint density at radius 3 is 2.29 bits per heavy atom. The van der Waals surface area contributed by atoms with Crippen molar-refractivity contribution in [3.63, 3.8) is 0 Å². The molecule has 3 nitrogen and oxygen atoms in total. The molecule has 0 aromatic heterocycles. The average molecular weight is 237 g/mol. The Kier molecular flexibility index (Phi) is 6.48. The molecule has 0 saturated heterocycles. The molecule has 3 heteroatoms. The van der Waals surface area contributed by atoms with E-state index in [0.717, 1.165) is 30.9 Å². The summed E-state index contributed by atoms with van der Waals surface area (Å²) in [4.78, 5) is 0. The summed E-state index contributed by atoms with van der Waals surface area (Å²) in [7, 11) is 0. The van der Waals surface area contributed by atoms with E-state index in [9.17, 15) is 0 Å². The zero-order valence-electron chi connectivity index (χ0n) is 10.8. The predicted octanol–water partition coefficient (Wildman–Crippen LogP) is 2.84. The number of nitrogens with two attached hydrogens (primary N) is 1. The molecule has 0 radical (unpaired) electrons. The van der Waals surface area contributed by atoms with Crippen LogP contribution in [0.4, 0.5) is 0 Å². The maximum absolute atomic E-state index is 5.74. The van der Waals surface area contributed by atoms with E-state index in [4.69, 9.17) is 15.2 Å². The normalized spacial score (nSPS) is 12.2. The van der Waals surface area contributed by atoms with E-state index in [1.807, 2.05) is 31.2 Å². The van der Waals surface area contributed by atoms with Crippen LogP contribution in [0.1, 0.15) is 26.7 Å². The Labute approximate surface area is 104 Å². The molecular weight excluding hydrogens is 214 g/mol. The molecule has 0 aliphatic heterocycles. The molecule has 96 valence electrons. The lowest BCUT2D eigenvalue weighted by molar-refractivity contribution is 0.254. The molecule has 2 N–H and O–H groups in total. The average Bonchev–Trinajstić information content (AvgIpc) is 2.37. The summed E-state index contributed by atoms with van der Waals surface area (Å²) in [5.74, 6) is 2.19. The summed E-state index contributed by atoms with van der Waals surface area (Å²) in [6, 6.07) is 7.78. The Bertz CT molecular complexity index is 311. The summed E-state index contributed by atoms with van der Waals surface area (Å²) < 4.78 is 11.2. The van der Waals surface area contributed by atoms with E-state index in [0.29, 0.717) is 19.1 Å². The molecular formula is C14H23NO2. The summed E-state index contributed by atoms with van der Waals surface area (Å²) >= 11 is 0. The summed E-state index contributed by atoms with van der Waals surface area (Å²) in [5.41, 5.74) is 5.66. The number of hydrogen-bond acceptors (Lipinski definition) is 3. The van der Waals surface area contributed by atoms with Crippen LogP contribution in [0.5, 0.6) is 11.5 Å².